The van der Waals surface area contributed by atoms with Crippen LogP contribution >= 0.6 is 11.8 Å². The quantitative estimate of drug-likeness (QED) is 0.809. The van der Waals surface area contributed by atoms with Gasteiger partial charge in [-0.2, -0.15) is 16.1 Å². The minimum atomic E-state index is -3.45. The number of hydrogen-bond donors (Lipinski definition) is 1. The van der Waals surface area contributed by atoms with Crippen molar-refractivity contribution < 1.29 is 12.8 Å². The van der Waals surface area contributed by atoms with Gasteiger partial charge >= 0.3 is 0 Å². The summed E-state index contributed by atoms with van der Waals surface area (Å²) < 4.78 is 32.8. The first-order valence-corrected chi connectivity index (χ1v) is 9.96. The molecule has 1 atom stereocenters. The van der Waals surface area contributed by atoms with Crippen LogP contribution in [-0.4, -0.2) is 43.4 Å². The summed E-state index contributed by atoms with van der Waals surface area (Å²) in [6.45, 7) is 7.80. The van der Waals surface area contributed by atoms with Crippen LogP contribution in [0.2, 0.25) is 0 Å². The standard InChI is InChI=1S/C14H24N2O3S2/c1-4-5-15-9-13-8-14(12(3)19-13)21(17,18)16-6-7-20-10-11(16)2/h8,11,15H,4-7,9-10H2,1-3H3. The van der Waals surface area contributed by atoms with E-state index in [-0.39, 0.29) is 6.04 Å². The van der Waals surface area contributed by atoms with Gasteiger partial charge in [-0.25, -0.2) is 8.42 Å². The Morgan fingerprint density at radius 1 is 1.52 bits per heavy atom. The largest absolute Gasteiger partial charge is 0.464 e. The molecule has 0 bridgehead atoms. The van der Waals surface area contributed by atoms with E-state index in [4.69, 9.17) is 4.42 Å². The Hall–Kier alpha value is -0.500. The summed E-state index contributed by atoms with van der Waals surface area (Å²) in [5.74, 6) is 2.86. The van der Waals surface area contributed by atoms with Gasteiger partial charge in [0.15, 0.2) is 0 Å². The number of sulfonamides is 1. The fourth-order valence-corrected chi connectivity index (χ4v) is 5.49. The van der Waals surface area contributed by atoms with E-state index in [0.29, 0.717) is 29.5 Å². The van der Waals surface area contributed by atoms with E-state index < -0.39 is 10.0 Å². The lowest BCUT2D eigenvalue weighted by atomic mass is 10.4. The van der Waals surface area contributed by atoms with Crippen LogP contribution in [0.3, 0.4) is 0 Å². The molecule has 0 aromatic carbocycles. The predicted octanol–water partition coefficient (Wildman–Crippen LogP) is 2.21. The first-order valence-electron chi connectivity index (χ1n) is 7.36. The topological polar surface area (TPSA) is 62.6 Å². The second kappa shape index (κ2) is 7.17. The molecule has 1 fully saturated rings. The fraction of sp³-hybridized carbons (Fsp3) is 0.714. The summed E-state index contributed by atoms with van der Waals surface area (Å²) in [6.07, 6.45) is 1.04. The third-order valence-electron chi connectivity index (χ3n) is 3.54. The highest BCUT2D eigenvalue weighted by molar-refractivity contribution is 7.99. The third kappa shape index (κ3) is 3.83. The Labute approximate surface area is 131 Å². The number of aryl methyl sites for hydroxylation is 1. The van der Waals surface area contributed by atoms with Crippen molar-refractivity contribution in [3.05, 3.63) is 17.6 Å². The molecule has 1 unspecified atom stereocenters. The van der Waals surface area contributed by atoms with Crippen LogP contribution in [0.15, 0.2) is 15.4 Å². The average molecular weight is 332 g/mol. The summed E-state index contributed by atoms with van der Waals surface area (Å²) in [5.41, 5.74) is 0. The van der Waals surface area contributed by atoms with Crippen molar-refractivity contribution in [3.8, 4) is 0 Å². The van der Waals surface area contributed by atoms with Gasteiger partial charge in [-0.05, 0) is 26.8 Å². The molecular formula is C14H24N2O3S2. The summed E-state index contributed by atoms with van der Waals surface area (Å²) in [7, 11) is -3.45. The van der Waals surface area contributed by atoms with Crippen molar-refractivity contribution in [2.24, 2.45) is 0 Å². The molecule has 120 valence electrons. The fourth-order valence-electron chi connectivity index (χ4n) is 2.45. The van der Waals surface area contributed by atoms with Crippen molar-refractivity contribution in [3.63, 3.8) is 0 Å². The van der Waals surface area contributed by atoms with Gasteiger partial charge in [-0.1, -0.05) is 6.92 Å². The highest BCUT2D eigenvalue weighted by Crippen LogP contribution is 2.28. The number of thioether (sulfide) groups is 1. The van der Waals surface area contributed by atoms with E-state index in [2.05, 4.69) is 12.2 Å². The van der Waals surface area contributed by atoms with Crippen LogP contribution in [0.5, 0.6) is 0 Å². The number of nitrogens with zero attached hydrogens (tertiary/aromatic N) is 1. The minimum Gasteiger partial charge on any atom is -0.464 e. The second-order valence-electron chi connectivity index (χ2n) is 5.35. The smallest absolute Gasteiger partial charge is 0.246 e. The molecular weight excluding hydrogens is 308 g/mol. The molecule has 1 aliphatic heterocycles. The third-order valence-corrected chi connectivity index (χ3v) is 6.85. The Morgan fingerprint density at radius 2 is 2.29 bits per heavy atom. The number of hydrogen-bond acceptors (Lipinski definition) is 5. The van der Waals surface area contributed by atoms with Gasteiger partial charge in [0.05, 0.1) is 6.54 Å². The molecule has 1 saturated heterocycles. The van der Waals surface area contributed by atoms with E-state index in [1.807, 2.05) is 6.92 Å². The number of furan rings is 1. The van der Waals surface area contributed by atoms with E-state index in [9.17, 15) is 8.42 Å². The SMILES string of the molecule is CCCNCc1cc(S(=O)(=O)N2CCSCC2C)c(C)o1. The van der Waals surface area contributed by atoms with Gasteiger partial charge in [-0.3, -0.25) is 0 Å². The van der Waals surface area contributed by atoms with Gasteiger partial charge in [0, 0.05) is 30.2 Å². The number of rotatable bonds is 6. The lowest BCUT2D eigenvalue weighted by Crippen LogP contribution is -2.44. The summed E-state index contributed by atoms with van der Waals surface area (Å²) in [5, 5.41) is 3.23. The second-order valence-corrected chi connectivity index (χ2v) is 8.36. The zero-order valence-electron chi connectivity index (χ0n) is 12.9. The van der Waals surface area contributed by atoms with Gasteiger partial charge in [0.25, 0.3) is 0 Å². The maximum Gasteiger partial charge on any atom is 0.246 e. The molecule has 0 spiro atoms. The number of nitrogens with one attached hydrogen (secondary N) is 1. The van der Waals surface area contributed by atoms with Crippen LogP contribution in [-0.2, 0) is 16.6 Å². The van der Waals surface area contributed by atoms with Crippen molar-refractivity contribution >= 4 is 21.8 Å². The highest BCUT2D eigenvalue weighted by Gasteiger charge is 2.33. The Kier molecular flexibility index (Phi) is 5.76. The molecule has 1 aromatic heterocycles. The first kappa shape index (κ1) is 16.9. The van der Waals surface area contributed by atoms with Crippen LogP contribution < -0.4 is 5.32 Å². The van der Waals surface area contributed by atoms with Crippen LogP contribution in [0.25, 0.3) is 0 Å². The van der Waals surface area contributed by atoms with E-state index >= 15 is 0 Å². The maximum atomic E-state index is 12.8. The van der Waals surface area contributed by atoms with Crippen molar-refractivity contribution in [2.45, 2.75) is 44.7 Å². The average Bonchev–Trinajstić information content (AvgIpc) is 2.81. The molecule has 1 aliphatic rings. The monoisotopic (exact) mass is 332 g/mol. The molecule has 0 aliphatic carbocycles. The summed E-state index contributed by atoms with van der Waals surface area (Å²) in [4.78, 5) is 0.314. The van der Waals surface area contributed by atoms with Crippen molar-refractivity contribution in [2.75, 3.05) is 24.6 Å². The van der Waals surface area contributed by atoms with Gasteiger partial charge in [0.1, 0.15) is 16.4 Å². The maximum absolute atomic E-state index is 12.8. The van der Waals surface area contributed by atoms with Crippen LogP contribution in [0.1, 0.15) is 31.8 Å². The zero-order valence-corrected chi connectivity index (χ0v) is 14.5. The van der Waals surface area contributed by atoms with Gasteiger partial charge in [0.2, 0.25) is 10.0 Å². The summed E-state index contributed by atoms with van der Waals surface area (Å²) in [6, 6.07) is 1.70. The van der Waals surface area contributed by atoms with Gasteiger partial charge in [-0.15, -0.1) is 0 Å². The van der Waals surface area contributed by atoms with Crippen LogP contribution in [0, 0.1) is 6.92 Å². The molecule has 0 radical (unpaired) electrons. The molecule has 2 rings (SSSR count). The van der Waals surface area contributed by atoms with Crippen molar-refractivity contribution in [1.29, 1.82) is 0 Å². The molecule has 1 aromatic rings. The Balaban J connectivity index is 2.19. The molecule has 5 nitrogen and oxygen atoms in total. The molecule has 0 amide bonds. The highest BCUT2D eigenvalue weighted by atomic mass is 32.2. The van der Waals surface area contributed by atoms with E-state index in [1.54, 1.807) is 29.1 Å². The van der Waals surface area contributed by atoms with E-state index in [0.717, 1.165) is 24.5 Å². The Bertz CT molecular complexity index is 569. The minimum absolute atomic E-state index is 0.0321. The molecule has 7 heteroatoms. The molecule has 1 N–H and O–H groups in total. The van der Waals surface area contributed by atoms with Gasteiger partial charge < -0.3 is 9.73 Å². The normalized spacial score (nSPS) is 20.8. The van der Waals surface area contributed by atoms with E-state index in [1.165, 1.54) is 0 Å². The molecule has 21 heavy (non-hydrogen) atoms. The van der Waals surface area contributed by atoms with Crippen LogP contribution in [0.4, 0.5) is 0 Å². The Morgan fingerprint density at radius 3 is 2.95 bits per heavy atom. The molecule has 2 heterocycles. The predicted molar refractivity (Wildman–Crippen MR) is 86.1 cm³/mol. The molecule has 0 saturated carbocycles. The first-order chi connectivity index (χ1) is 9.96. The lowest BCUT2D eigenvalue weighted by Gasteiger charge is -2.31. The van der Waals surface area contributed by atoms with Crippen molar-refractivity contribution in [1.82, 2.24) is 9.62 Å². The summed E-state index contributed by atoms with van der Waals surface area (Å²) >= 11 is 1.80. The lowest BCUT2D eigenvalue weighted by molar-refractivity contribution is 0.366. The zero-order chi connectivity index (χ0) is 15.5.